The van der Waals surface area contributed by atoms with Crippen LogP contribution in [0.15, 0.2) is 46.3 Å². The molecule has 0 aliphatic heterocycles. The van der Waals surface area contributed by atoms with Crippen molar-refractivity contribution in [3.63, 3.8) is 0 Å². The molecule has 0 atom stereocenters. The number of ether oxygens (including phenoxy) is 1. The number of carbonyl (C=O) groups excluding carboxylic acids is 1. The van der Waals surface area contributed by atoms with E-state index >= 15 is 0 Å². The number of benzene rings is 1. The molecule has 8 heteroatoms. The number of H-pyrrole nitrogens is 1. The van der Waals surface area contributed by atoms with Crippen molar-refractivity contribution in [1.82, 2.24) is 19.9 Å². The molecule has 3 aromatic rings. The molecule has 0 bridgehead atoms. The summed E-state index contributed by atoms with van der Waals surface area (Å²) in [5.41, 5.74) is 2.47. The molecule has 2 N–H and O–H groups in total. The van der Waals surface area contributed by atoms with Crippen LogP contribution in [0.25, 0.3) is 16.7 Å². The lowest BCUT2D eigenvalue weighted by Crippen LogP contribution is -2.28. The van der Waals surface area contributed by atoms with E-state index in [4.69, 9.17) is 4.74 Å². The number of carbonyl (C=O) groups is 1. The predicted octanol–water partition coefficient (Wildman–Crippen LogP) is 2.27. The highest BCUT2D eigenvalue weighted by Crippen LogP contribution is 2.21. The van der Waals surface area contributed by atoms with Crippen molar-refractivity contribution in [3.8, 4) is 5.69 Å². The van der Waals surface area contributed by atoms with Crippen molar-refractivity contribution < 1.29 is 9.53 Å². The van der Waals surface area contributed by atoms with Gasteiger partial charge in [-0.25, -0.2) is 4.98 Å². The van der Waals surface area contributed by atoms with Gasteiger partial charge in [0.1, 0.15) is 5.52 Å². The van der Waals surface area contributed by atoms with Gasteiger partial charge in [0.05, 0.1) is 17.0 Å². The second-order valence-electron chi connectivity index (χ2n) is 6.07. The number of aromatic amines is 1. The lowest BCUT2D eigenvalue weighted by Gasteiger charge is -2.12. The molecule has 0 spiro atoms. The molecule has 1 amide bonds. The third-order valence-electron chi connectivity index (χ3n) is 3.95. The molecule has 7 nitrogen and oxygen atoms in total. The Morgan fingerprint density at radius 1 is 1.33 bits per heavy atom. The summed E-state index contributed by atoms with van der Waals surface area (Å²) in [5, 5.41) is 3.33. The number of aryl methyl sites for hydroxylation is 1. The summed E-state index contributed by atoms with van der Waals surface area (Å²) in [4.78, 5) is 32.8. The zero-order valence-electron chi connectivity index (χ0n) is 15.3. The second kappa shape index (κ2) is 8.88. The number of methoxy groups -OCH3 is 1. The van der Waals surface area contributed by atoms with Crippen LogP contribution in [-0.4, -0.2) is 46.5 Å². The van der Waals surface area contributed by atoms with Crippen molar-refractivity contribution in [3.05, 3.63) is 52.4 Å². The molecule has 0 saturated carbocycles. The van der Waals surface area contributed by atoms with Crippen molar-refractivity contribution >= 4 is 28.7 Å². The number of thioether (sulfide) groups is 1. The highest BCUT2D eigenvalue weighted by atomic mass is 32.2. The topological polar surface area (TPSA) is 89.0 Å². The molecule has 0 saturated heterocycles. The fourth-order valence-corrected chi connectivity index (χ4v) is 3.55. The van der Waals surface area contributed by atoms with Crippen molar-refractivity contribution in [2.24, 2.45) is 0 Å². The van der Waals surface area contributed by atoms with E-state index < -0.39 is 0 Å². The highest BCUT2D eigenvalue weighted by Gasteiger charge is 2.16. The van der Waals surface area contributed by atoms with Crippen LogP contribution in [0.5, 0.6) is 0 Å². The van der Waals surface area contributed by atoms with Gasteiger partial charge in [-0.15, -0.1) is 0 Å². The summed E-state index contributed by atoms with van der Waals surface area (Å²) in [6.07, 6.45) is 0.758. The van der Waals surface area contributed by atoms with E-state index in [0.717, 1.165) is 12.1 Å². The molecule has 0 aliphatic rings. The Hall–Kier alpha value is -2.58. The van der Waals surface area contributed by atoms with E-state index in [2.05, 4.69) is 15.3 Å². The summed E-state index contributed by atoms with van der Waals surface area (Å²) < 4.78 is 6.51. The van der Waals surface area contributed by atoms with E-state index in [9.17, 15) is 9.59 Å². The first-order chi connectivity index (χ1) is 13.1. The van der Waals surface area contributed by atoms with Gasteiger partial charge in [-0.05, 0) is 31.5 Å². The third kappa shape index (κ3) is 4.58. The zero-order chi connectivity index (χ0) is 19.2. The van der Waals surface area contributed by atoms with Crippen LogP contribution in [0.2, 0.25) is 0 Å². The van der Waals surface area contributed by atoms with Crippen LogP contribution < -0.4 is 10.9 Å². The monoisotopic (exact) mass is 386 g/mol. The van der Waals surface area contributed by atoms with Crippen LogP contribution in [0.4, 0.5) is 0 Å². The largest absolute Gasteiger partial charge is 0.385 e. The molecule has 2 heterocycles. The Morgan fingerprint density at radius 3 is 2.85 bits per heavy atom. The fraction of sp³-hybridized carbons (Fsp3) is 0.316. The van der Waals surface area contributed by atoms with E-state index in [0.29, 0.717) is 35.0 Å². The minimum Gasteiger partial charge on any atom is -0.385 e. The average Bonchev–Trinajstić information content (AvgIpc) is 3.05. The van der Waals surface area contributed by atoms with Gasteiger partial charge in [-0.3, -0.25) is 14.2 Å². The molecule has 142 valence electrons. The van der Waals surface area contributed by atoms with Gasteiger partial charge >= 0.3 is 0 Å². The van der Waals surface area contributed by atoms with Crippen LogP contribution in [0.1, 0.15) is 12.1 Å². The molecule has 2 aromatic heterocycles. The molecular weight excluding hydrogens is 364 g/mol. The maximum atomic E-state index is 13.0. The molecule has 0 fully saturated rings. The number of hydrogen-bond acceptors (Lipinski definition) is 5. The first-order valence-corrected chi connectivity index (χ1v) is 9.65. The second-order valence-corrected chi connectivity index (χ2v) is 7.01. The van der Waals surface area contributed by atoms with Gasteiger partial charge in [0.15, 0.2) is 5.16 Å². The number of fused-ring (bicyclic) bond motifs is 1. The van der Waals surface area contributed by atoms with Gasteiger partial charge < -0.3 is 15.0 Å². The number of amides is 1. The summed E-state index contributed by atoms with van der Waals surface area (Å²) in [6.45, 7) is 3.04. The zero-order valence-corrected chi connectivity index (χ0v) is 16.1. The van der Waals surface area contributed by atoms with E-state index in [-0.39, 0.29) is 17.2 Å². The third-order valence-corrected chi connectivity index (χ3v) is 4.89. The first-order valence-electron chi connectivity index (χ1n) is 8.66. The number of aromatic nitrogens is 3. The summed E-state index contributed by atoms with van der Waals surface area (Å²) in [5.74, 6) is 0.0801. The lowest BCUT2D eigenvalue weighted by atomic mass is 10.3. The van der Waals surface area contributed by atoms with Gasteiger partial charge in [-0.1, -0.05) is 30.0 Å². The first kappa shape index (κ1) is 19.2. The predicted molar refractivity (Wildman–Crippen MR) is 107 cm³/mol. The molecule has 0 radical (unpaired) electrons. The number of hydrogen-bond donors (Lipinski definition) is 2. The van der Waals surface area contributed by atoms with E-state index in [1.807, 2.05) is 43.3 Å². The van der Waals surface area contributed by atoms with Crippen LogP contribution >= 0.6 is 11.8 Å². The smallest absolute Gasteiger partial charge is 0.283 e. The number of nitrogens with zero attached hydrogens (tertiary/aromatic N) is 2. The summed E-state index contributed by atoms with van der Waals surface area (Å²) in [6, 6.07) is 11.1. The van der Waals surface area contributed by atoms with Crippen molar-refractivity contribution in [2.75, 3.05) is 26.0 Å². The summed E-state index contributed by atoms with van der Waals surface area (Å²) >= 11 is 1.25. The minimum atomic E-state index is -0.178. The lowest BCUT2D eigenvalue weighted by molar-refractivity contribution is -0.118. The van der Waals surface area contributed by atoms with Gasteiger partial charge in [0, 0.05) is 26.0 Å². The summed E-state index contributed by atoms with van der Waals surface area (Å²) in [7, 11) is 1.63. The van der Waals surface area contributed by atoms with Crippen LogP contribution in [0, 0.1) is 6.92 Å². The average molecular weight is 386 g/mol. The minimum absolute atomic E-state index is 0.102. The highest BCUT2D eigenvalue weighted by molar-refractivity contribution is 7.99. The molecule has 1 aromatic carbocycles. The molecule has 0 aliphatic carbocycles. The maximum Gasteiger partial charge on any atom is 0.283 e. The molecular formula is C19H22N4O3S. The van der Waals surface area contributed by atoms with Crippen LogP contribution in [0.3, 0.4) is 0 Å². The van der Waals surface area contributed by atoms with Gasteiger partial charge in [0.2, 0.25) is 5.91 Å². The Kier molecular flexibility index (Phi) is 6.31. The number of para-hydroxylation sites is 1. The molecule has 0 unspecified atom stereocenters. The van der Waals surface area contributed by atoms with Crippen molar-refractivity contribution in [1.29, 1.82) is 0 Å². The Labute approximate surface area is 161 Å². The van der Waals surface area contributed by atoms with Gasteiger partial charge in [-0.2, -0.15) is 0 Å². The molecule has 27 heavy (non-hydrogen) atoms. The van der Waals surface area contributed by atoms with Gasteiger partial charge in [0.25, 0.3) is 5.56 Å². The normalized spacial score (nSPS) is 11.0. The fourth-order valence-electron chi connectivity index (χ4n) is 2.70. The Bertz CT molecular complexity index is 982. The SMILES string of the molecule is COCCCNC(=O)CSc1nc2cc(C)[nH]c2c(=O)n1-c1ccccc1. The standard InChI is InChI=1S/C19H22N4O3S/c1-13-11-15-17(21-13)18(25)23(14-7-4-3-5-8-14)19(22-15)27-12-16(24)20-9-6-10-26-2/h3-5,7-8,11,21H,6,9-10,12H2,1-2H3,(H,20,24). The van der Waals surface area contributed by atoms with E-state index in [1.54, 1.807) is 11.7 Å². The molecule has 3 rings (SSSR count). The van der Waals surface area contributed by atoms with Crippen molar-refractivity contribution in [2.45, 2.75) is 18.5 Å². The van der Waals surface area contributed by atoms with E-state index in [1.165, 1.54) is 11.8 Å². The quantitative estimate of drug-likeness (QED) is 0.352. The Balaban J connectivity index is 1.87. The number of nitrogens with one attached hydrogen (secondary N) is 2. The number of rotatable bonds is 8. The Morgan fingerprint density at radius 2 is 2.11 bits per heavy atom. The van der Waals surface area contributed by atoms with Crippen LogP contribution in [-0.2, 0) is 9.53 Å². The maximum absolute atomic E-state index is 13.0.